The van der Waals surface area contributed by atoms with Gasteiger partial charge in [-0.15, -0.1) is 0 Å². The minimum Gasteiger partial charge on any atom is -0.358 e. The predicted molar refractivity (Wildman–Crippen MR) is 100 cm³/mol. The van der Waals surface area contributed by atoms with Gasteiger partial charge in [0, 0.05) is 18.8 Å². The van der Waals surface area contributed by atoms with Gasteiger partial charge in [0.25, 0.3) is 5.91 Å². The lowest BCUT2D eigenvalue weighted by Gasteiger charge is -2.05. The molecule has 2 N–H and O–H groups in total. The van der Waals surface area contributed by atoms with Crippen LogP contribution in [0, 0.1) is 6.92 Å². The van der Waals surface area contributed by atoms with Crippen LogP contribution >= 0.6 is 0 Å². The number of amides is 2. The van der Waals surface area contributed by atoms with Crippen LogP contribution in [0.3, 0.4) is 0 Å². The Bertz CT molecular complexity index is 915. The molecule has 132 valence electrons. The lowest BCUT2D eigenvalue weighted by atomic mass is 10.1. The third-order valence-electron chi connectivity index (χ3n) is 3.99. The zero-order valence-corrected chi connectivity index (χ0v) is 14.7. The molecule has 2 amide bonds. The van der Waals surface area contributed by atoms with E-state index in [4.69, 9.17) is 0 Å². The highest BCUT2D eigenvalue weighted by atomic mass is 16.2. The number of carbonyl (C=O) groups is 2. The summed E-state index contributed by atoms with van der Waals surface area (Å²) in [6, 6.07) is 17.4. The monoisotopic (exact) mass is 348 g/mol. The lowest BCUT2D eigenvalue weighted by Crippen LogP contribution is -2.35. The number of aryl methyl sites for hydroxylation is 1. The maximum absolute atomic E-state index is 12.6. The van der Waals surface area contributed by atoms with Crippen molar-refractivity contribution in [1.29, 1.82) is 0 Å². The zero-order valence-electron chi connectivity index (χ0n) is 14.7. The van der Waals surface area contributed by atoms with E-state index in [2.05, 4.69) is 15.7 Å². The Morgan fingerprint density at radius 3 is 2.38 bits per heavy atom. The van der Waals surface area contributed by atoms with E-state index in [-0.39, 0.29) is 18.4 Å². The fourth-order valence-electron chi connectivity index (χ4n) is 2.52. The average molecular weight is 348 g/mol. The first kappa shape index (κ1) is 17.4. The van der Waals surface area contributed by atoms with Crippen LogP contribution in [0.5, 0.6) is 0 Å². The van der Waals surface area contributed by atoms with Crippen molar-refractivity contribution in [2.75, 3.05) is 13.6 Å². The molecule has 0 saturated carbocycles. The van der Waals surface area contributed by atoms with Crippen LogP contribution in [0.2, 0.25) is 0 Å². The SMILES string of the molecule is CNC(=O)CNC(=O)c1cn(-c2ccccc2)nc1-c1ccc(C)cc1. The molecule has 0 radical (unpaired) electrons. The molecule has 2 aromatic carbocycles. The molecule has 0 aliphatic rings. The van der Waals surface area contributed by atoms with E-state index in [9.17, 15) is 9.59 Å². The fraction of sp³-hybridized carbons (Fsp3) is 0.150. The van der Waals surface area contributed by atoms with Gasteiger partial charge in [0.05, 0.1) is 17.8 Å². The van der Waals surface area contributed by atoms with E-state index in [1.807, 2.05) is 61.5 Å². The topological polar surface area (TPSA) is 76.0 Å². The van der Waals surface area contributed by atoms with Crippen molar-refractivity contribution in [1.82, 2.24) is 20.4 Å². The highest BCUT2D eigenvalue weighted by Crippen LogP contribution is 2.24. The maximum atomic E-state index is 12.6. The molecular weight excluding hydrogens is 328 g/mol. The van der Waals surface area contributed by atoms with Gasteiger partial charge in [-0.25, -0.2) is 4.68 Å². The van der Waals surface area contributed by atoms with Crippen molar-refractivity contribution in [2.24, 2.45) is 0 Å². The van der Waals surface area contributed by atoms with Gasteiger partial charge in [-0.2, -0.15) is 5.10 Å². The normalized spacial score (nSPS) is 10.4. The number of rotatable bonds is 5. The van der Waals surface area contributed by atoms with Crippen molar-refractivity contribution in [2.45, 2.75) is 6.92 Å². The summed E-state index contributed by atoms with van der Waals surface area (Å²) in [5, 5.41) is 9.72. The molecule has 26 heavy (non-hydrogen) atoms. The molecule has 0 bridgehead atoms. The van der Waals surface area contributed by atoms with Crippen LogP contribution in [0.1, 0.15) is 15.9 Å². The summed E-state index contributed by atoms with van der Waals surface area (Å²) in [5.41, 5.74) is 3.81. The third-order valence-corrected chi connectivity index (χ3v) is 3.99. The molecule has 0 atom stereocenters. The maximum Gasteiger partial charge on any atom is 0.255 e. The number of para-hydroxylation sites is 1. The lowest BCUT2D eigenvalue weighted by molar-refractivity contribution is -0.119. The Morgan fingerprint density at radius 1 is 1.04 bits per heavy atom. The van der Waals surface area contributed by atoms with Gasteiger partial charge in [0.2, 0.25) is 5.91 Å². The fourth-order valence-corrected chi connectivity index (χ4v) is 2.52. The molecule has 3 aromatic rings. The Hall–Kier alpha value is -3.41. The summed E-state index contributed by atoms with van der Waals surface area (Å²) in [7, 11) is 1.53. The molecule has 0 aliphatic carbocycles. The summed E-state index contributed by atoms with van der Waals surface area (Å²) in [6.07, 6.45) is 1.68. The third kappa shape index (κ3) is 3.80. The second-order valence-corrected chi connectivity index (χ2v) is 5.89. The standard InChI is InChI=1S/C20H20N4O2/c1-14-8-10-15(11-9-14)19-17(20(26)22-12-18(25)21-2)13-24(23-19)16-6-4-3-5-7-16/h3-11,13H,12H2,1-2H3,(H,21,25)(H,22,26). The molecule has 0 spiro atoms. The first-order valence-electron chi connectivity index (χ1n) is 8.29. The van der Waals surface area contributed by atoms with Crippen LogP contribution < -0.4 is 10.6 Å². The van der Waals surface area contributed by atoms with E-state index in [0.717, 1.165) is 16.8 Å². The van der Waals surface area contributed by atoms with Crippen molar-refractivity contribution >= 4 is 11.8 Å². The summed E-state index contributed by atoms with van der Waals surface area (Å²) in [4.78, 5) is 24.0. The number of benzene rings is 2. The van der Waals surface area contributed by atoms with Crippen molar-refractivity contribution in [3.63, 3.8) is 0 Å². The second-order valence-electron chi connectivity index (χ2n) is 5.89. The van der Waals surface area contributed by atoms with Gasteiger partial charge >= 0.3 is 0 Å². The predicted octanol–water partition coefficient (Wildman–Crippen LogP) is 2.32. The molecular formula is C20H20N4O2. The molecule has 6 heteroatoms. The molecule has 6 nitrogen and oxygen atoms in total. The molecule has 0 fully saturated rings. The Balaban J connectivity index is 2.00. The number of hydrogen-bond donors (Lipinski definition) is 2. The van der Waals surface area contributed by atoms with Gasteiger partial charge in [-0.1, -0.05) is 48.0 Å². The smallest absolute Gasteiger partial charge is 0.255 e. The van der Waals surface area contributed by atoms with Crippen molar-refractivity contribution < 1.29 is 9.59 Å². The largest absolute Gasteiger partial charge is 0.358 e. The van der Waals surface area contributed by atoms with E-state index < -0.39 is 0 Å². The minimum absolute atomic E-state index is 0.0841. The van der Waals surface area contributed by atoms with Gasteiger partial charge in [-0.3, -0.25) is 9.59 Å². The molecule has 1 heterocycles. The first-order chi connectivity index (χ1) is 12.6. The van der Waals surface area contributed by atoms with Gasteiger partial charge < -0.3 is 10.6 Å². The van der Waals surface area contributed by atoms with Crippen LogP contribution in [-0.4, -0.2) is 35.2 Å². The number of likely N-dealkylation sites (N-methyl/N-ethyl adjacent to an activating group) is 1. The number of nitrogens with one attached hydrogen (secondary N) is 2. The molecule has 1 aromatic heterocycles. The number of nitrogens with zero attached hydrogens (tertiary/aromatic N) is 2. The van der Waals surface area contributed by atoms with E-state index in [0.29, 0.717) is 11.3 Å². The molecule has 0 saturated heterocycles. The summed E-state index contributed by atoms with van der Waals surface area (Å²) in [6.45, 7) is 1.92. The Kier molecular flexibility index (Phi) is 5.12. The highest BCUT2D eigenvalue weighted by Gasteiger charge is 2.19. The van der Waals surface area contributed by atoms with Gasteiger partial charge in [0.15, 0.2) is 0 Å². The van der Waals surface area contributed by atoms with E-state index in [1.165, 1.54) is 7.05 Å². The van der Waals surface area contributed by atoms with E-state index in [1.54, 1.807) is 10.9 Å². The zero-order chi connectivity index (χ0) is 18.5. The average Bonchev–Trinajstić information content (AvgIpc) is 3.12. The Labute approximate surface area is 151 Å². The molecule has 0 unspecified atom stereocenters. The summed E-state index contributed by atoms with van der Waals surface area (Å²) >= 11 is 0. The van der Waals surface area contributed by atoms with Crippen LogP contribution in [0.25, 0.3) is 16.9 Å². The van der Waals surface area contributed by atoms with Crippen molar-refractivity contribution in [3.05, 3.63) is 71.9 Å². The van der Waals surface area contributed by atoms with Crippen LogP contribution in [0.4, 0.5) is 0 Å². The number of hydrogen-bond acceptors (Lipinski definition) is 3. The summed E-state index contributed by atoms with van der Waals surface area (Å²) < 4.78 is 1.67. The molecule has 0 aliphatic heterocycles. The van der Waals surface area contributed by atoms with Gasteiger partial charge in [-0.05, 0) is 19.1 Å². The number of carbonyl (C=O) groups excluding carboxylic acids is 2. The number of aromatic nitrogens is 2. The highest BCUT2D eigenvalue weighted by molar-refractivity contribution is 6.01. The first-order valence-corrected chi connectivity index (χ1v) is 8.29. The summed E-state index contributed by atoms with van der Waals surface area (Å²) in [5.74, 6) is -0.600. The van der Waals surface area contributed by atoms with Gasteiger partial charge in [0.1, 0.15) is 5.69 Å². The Morgan fingerprint density at radius 2 is 1.73 bits per heavy atom. The van der Waals surface area contributed by atoms with Crippen LogP contribution in [-0.2, 0) is 4.79 Å². The van der Waals surface area contributed by atoms with Crippen molar-refractivity contribution in [3.8, 4) is 16.9 Å². The quantitative estimate of drug-likeness (QED) is 0.743. The minimum atomic E-state index is -0.341. The van der Waals surface area contributed by atoms with E-state index >= 15 is 0 Å². The molecule has 3 rings (SSSR count). The second kappa shape index (κ2) is 7.65. The van der Waals surface area contributed by atoms with Crippen LogP contribution in [0.15, 0.2) is 60.8 Å².